The number of hydrogen-bond donors (Lipinski definition) is 0. The molecule has 3 aromatic carbocycles. The first-order chi connectivity index (χ1) is 17.5. The molecule has 3 aromatic rings. The SMILES string of the molecule is C=CCc1cc(/C=C2\SC(=S)N(c3ccc(OCC)cc3)C2=O)cc(OC)c1OCc1ccccc1. The zero-order valence-electron chi connectivity index (χ0n) is 20.2. The van der Waals surface area contributed by atoms with Crippen LogP contribution in [0.15, 0.2) is 84.3 Å². The van der Waals surface area contributed by atoms with Crippen LogP contribution in [0.4, 0.5) is 5.69 Å². The molecule has 7 heteroatoms. The van der Waals surface area contributed by atoms with Crippen LogP contribution in [0.5, 0.6) is 17.2 Å². The number of thiocarbonyl (C=S) groups is 1. The van der Waals surface area contributed by atoms with Gasteiger partial charge in [0.15, 0.2) is 15.8 Å². The largest absolute Gasteiger partial charge is 0.494 e. The molecule has 1 saturated heterocycles. The molecule has 0 aliphatic carbocycles. The molecular formula is C29H27NO4S2. The minimum Gasteiger partial charge on any atom is -0.494 e. The maximum Gasteiger partial charge on any atom is 0.270 e. The maximum atomic E-state index is 13.3. The quantitative estimate of drug-likeness (QED) is 0.167. The number of nitrogens with zero attached hydrogens (tertiary/aromatic N) is 1. The summed E-state index contributed by atoms with van der Waals surface area (Å²) in [5.74, 6) is 1.85. The Hall–Kier alpha value is -3.55. The zero-order chi connectivity index (χ0) is 25.5. The number of hydrogen-bond acceptors (Lipinski definition) is 6. The van der Waals surface area contributed by atoms with Gasteiger partial charge in [-0.2, -0.15) is 0 Å². The van der Waals surface area contributed by atoms with E-state index in [1.807, 2.05) is 85.8 Å². The molecule has 4 rings (SSSR count). The Kier molecular flexibility index (Phi) is 8.46. The van der Waals surface area contributed by atoms with Crippen molar-refractivity contribution in [1.29, 1.82) is 0 Å². The highest BCUT2D eigenvalue weighted by Gasteiger charge is 2.33. The van der Waals surface area contributed by atoms with E-state index in [1.165, 1.54) is 11.8 Å². The lowest BCUT2D eigenvalue weighted by Crippen LogP contribution is -2.27. The summed E-state index contributed by atoms with van der Waals surface area (Å²) in [5, 5.41) is 0. The Morgan fingerprint density at radius 3 is 2.47 bits per heavy atom. The number of anilines is 1. The second-order valence-corrected chi connectivity index (χ2v) is 9.60. The summed E-state index contributed by atoms with van der Waals surface area (Å²) in [7, 11) is 1.61. The van der Waals surface area contributed by atoms with Crippen molar-refractivity contribution < 1.29 is 19.0 Å². The number of amides is 1. The molecule has 1 aliphatic rings. The van der Waals surface area contributed by atoms with Crippen molar-refractivity contribution in [2.24, 2.45) is 0 Å². The van der Waals surface area contributed by atoms with Crippen molar-refractivity contribution >= 4 is 46.0 Å². The van der Waals surface area contributed by atoms with Crippen LogP contribution in [-0.4, -0.2) is 23.9 Å². The van der Waals surface area contributed by atoms with E-state index in [2.05, 4.69) is 6.58 Å². The smallest absolute Gasteiger partial charge is 0.270 e. The van der Waals surface area contributed by atoms with E-state index in [4.69, 9.17) is 26.4 Å². The standard InChI is InChI=1S/C29H27NO4S2/c1-4-9-22-16-21(17-25(32-3)27(22)34-19-20-10-7-6-8-11-20)18-26-28(31)30(29(35)36-26)23-12-14-24(15-13-23)33-5-2/h4,6-8,10-18H,1,5,9,19H2,2-3H3/b26-18-. The zero-order valence-corrected chi connectivity index (χ0v) is 21.9. The summed E-state index contributed by atoms with van der Waals surface area (Å²) in [6.07, 6.45) is 4.25. The lowest BCUT2D eigenvalue weighted by molar-refractivity contribution is -0.113. The van der Waals surface area contributed by atoms with Gasteiger partial charge in [-0.15, -0.1) is 6.58 Å². The van der Waals surface area contributed by atoms with Gasteiger partial charge in [0, 0.05) is 5.56 Å². The van der Waals surface area contributed by atoms with Gasteiger partial charge in [0.2, 0.25) is 0 Å². The predicted molar refractivity (Wildman–Crippen MR) is 151 cm³/mol. The molecule has 1 heterocycles. The van der Waals surface area contributed by atoms with Crippen molar-refractivity contribution in [2.45, 2.75) is 20.0 Å². The third-order valence-electron chi connectivity index (χ3n) is 5.46. The number of ether oxygens (including phenoxy) is 3. The Morgan fingerprint density at radius 2 is 1.81 bits per heavy atom. The van der Waals surface area contributed by atoms with Gasteiger partial charge in [-0.05, 0) is 66.9 Å². The van der Waals surface area contributed by atoms with Crippen LogP contribution in [0.1, 0.15) is 23.6 Å². The minimum atomic E-state index is -0.164. The first-order valence-corrected chi connectivity index (χ1v) is 12.8. The summed E-state index contributed by atoms with van der Waals surface area (Å²) >= 11 is 6.81. The topological polar surface area (TPSA) is 48.0 Å². The van der Waals surface area contributed by atoms with Crippen LogP contribution >= 0.6 is 24.0 Å². The molecule has 0 saturated carbocycles. The minimum absolute atomic E-state index is 0.164. The molecule has 1 fully saturated rings. The fourth-order valence-corrected chi connectivity index (χ4v) is 5.12. The molecule has 5 nitrogen and oxygen atoms in total. The summed E-state index contributed by atoms with van der Waals surface area (Å²) in [6, 6.07) is 21.2. The lowest BCUT2D eigenvalue weighted by atomic mass is 10.0. The summed E-state index contributed by atoms with van der Waals surface area (Å²) in [4.78, 5) is 15.4. The summed E-state index contributed by atoms with van der Waals surface area (Å²) in [6.45, 7) is 6.81. The third-order valence-corrected chi connectivity index (χ3v) is 6.76. The highest BCUT2D eigenvalue weighted by Crippen LogP contribution is 2.39. The van der Waals surface area contributed by atoms with Crippen LogP contribution in [0.3, 0.4) is 0 Å². The van der Waals surface area contributed by atoms with Crippen molar-refractivity contribution in [3.05, 3.63) is 101 Å². The first-order valence-electron chi connectivity index (χ1n) is 11.5. The Labute approximate surface area is 221 Å². The van der Waals surface area contributed by atoms with E-state index in [0.717, 1.165) is 22.4 Å². The first kappa shape index (κ1) is 25.5. The summed E-state index contributed by atoms with van der Waals surface area (Å²) < 4.78 is 17.8. The maximum absolute atomic E-state index is 13.3. The normalized spacial score (nSPS) is 14.3. The number of allylic oxidation sites excluding steroid dienone is 1. The molecular weight excluding hydrogens is 490 g/mol. The van der Waals surface area contributed by atoms with Crippen molar-refractivity contribution in [3.8, 4) is 17.2 Å². The van der Waals surface area contributed by atoms with Gasteiger partial charge in [-0.3, -0.25) is 9.69 Å². The van der Waals surface area contributed by atoms with Gasteiger partial charge in [0.05, 0.1) is 24.3 Å². The Morgan fingerprint density at radius 1 is 1.06 bits per heavy atom. The van der Waals surface area contributed by atoms with E-state index in [-0.39, 0.29) is 5.91 Å². The van der Waals surface area contributed by atoms with Gasteiger partial charge in [0.1, 0.15) is 12.4 Å². The average Bonchev–Trinajstić information content (AvgIpc) is 3.17. The van der Waals surface area contributed by atoms with Crippen molar-refractivity contribution in [1.82, 2.24) is 0 Å². The van der Waals surface area contributed by atoms with E-state index >= 15 is 0 Å². The molecule has 1 amide bonds. The number of benzene rings is 3. The van der Waals surface area contributed by atoms with E-state index < -0.39 is 0 Å². The molecule has 0 atom stereocenters. The lowest BCUT2D eigenvalue weighted by Gasteiger charge is -2.16. The highest BCUT2D eigenvalue weighted by molar-refractivity contribution is 8.27. The summed E-state index contributed by atoms with van der Waals surface area (Å²) in [5.41, 5.74) is 3.52. The fraction of sp³-hybridized carbons (Fsp3) is 0.172. The Balaban J connectivity index is 1.61. The molecule has 0 aromatic heterocycles. The third kappa shape index (κ3) is 5.80. The number of carbonyl (C=O) groups is 1. The second-order valence-electron chi connectivity index (χ2n) is 7.92. The number of thioether (sulfide) groups is 1. The van der Waals surface area contributed by atoms with Crippen molar-refractivity contribution in [2.75, 3.05) is 18.6 Å². The number of methoxy groups -OCH3 is 1. The van der Waals surface area contributed by atoms with E-state index in [9.17, 15) is 4.79 Å². The average molecular weight is 518 g/mol. The van der Waals surface area contributed by atoms with Crippen LogP contribution in [0.2, 0.25) is 0 Å². The van der Waals surface area contributed by atoms with Gasteiger partial charge in [-0.25, -0.2) is 0 Å². The second kappa shape index (κ2) is 11.9. The molecule has 184 valence electrons. The molecule has 0 bridgehead atoms. The van der Waals surface area contributed by atoms with Crippen LogP contribution in [0.25, 0.3) is 6.08 Å². The number of carbonyl (C=O) groups excluding carboxylic acids is 1. The van der Waals surface area contributed by atoms with Crippen LogP contribution < -0.4 is 19.1 Å². The molecule has 36 heavy (non-hydrogen) atoms. The Bertz CT molecular complexity index is 1290. The fourth-order valence-electron chi connectivity index (χ4n) is 3.82. The van der Waals surface area contributed by atoms with Crippen LogP contribution in [0, 0.1) is 0 Å². The molecule has 0 N–H and O–H groups in total. The van der Waals surface area contributed by atoms with Gasteiger partial charge < -0.3 is 14.2 Å². The number of rotatable bonds is 10. The molecule has 0 spiro atoms. The van der Waals surface area contributed by atoms with E-state index in [0.29, 0.717) is 46.0 Å². The van der Waals surface area contributed by atoms with E-state index in [1.54, 1.807) is 12.0 Å². The predicted octanol–water partition coefficient (Wildman–Crippen LogP) is 6.81. The van der Waals surface area contributed by atoms with Gasteiger partial charge in [0.25, 0.3) is 5.91 Å². The molecule has 1 aliphatic heterocycles. The van der Waals surface area contributed by atoms with Gasteiger partial charge in [-0.1, -0.05) is 60.4 Å². The molecule has 0 unspecified atom stereocenters. The van der Waals surface area contributed by atoms with Gasteiger partial charge >= 0.3 is 0 Å². The van der Waals surface area contributed by atoms with Crippen LogP contribution in [-0.2, 0) is 17.8 Å². The van der Waals surface area contributed by atoms with Crippen molar-refractivity contribution in [3.63, 3.8) is 0 Å². The molecule has 0 radical (unpaired) electrons. The monoisotopic (exact) mass is 517 g/mol. The highest BCUT2D eigenvalue weighted by atomic mass is 32.2.